The molecule has 1 aliphatic carbocycles. The fraction of sp³-hybridized carbons (Fsp3) is 1.00. The van der Waals surface area contributed by atoms with E-state index in [9.17, 15) is 0 Å². The first-order valence-electron chi connectivity index (χ1n) is 5.95. The largest absolute Gasteiger partial charge is 0.380 e. The summed E-state index contributed by atoms with van der Waals surface area (Å²) in [4.78, 5) is 2.61. The molecule has 82 valence electrons. The van der Waals surface area contributed by atoms with E-state index in [1.807, 2.05) is 0 Å². The van der Waals surface area contributed by atoms with Crippen molar-refractivity contribution >= 4 is 0 Å². The monoisotopic (exact) mass is 198 g/mol. The molecule has 1 saturated carbocycles. The second kappa shape index (κ2) is 5.10. The zero-order chi connectivity index (χ0) is 9.80. The fourth-order valence-corrected chi connectivity index (χ4v) is 2.83. The first-order valence-corrected chi connectivity index (χ1v) is 5.95. The summed E-state index contributed by atoms with van der Waals surface area (Å²) >= 11 is 0. The summed E-state index contributed by atoms with van der Waals surface area (Å²) in [6.45, 7) is 3.71. The van der Waals surface area contributed by atoms with Gasteiger partial charge >= 0.3 is 0 Å². The molecule has 0 aromatic rings. The predicted molar refractivity (Wildman–Crippen MR) is 57.2 cm³/mol. The zero-order valence-corrected chi connectivity index (χ0v) is 8.95. The normalized spacial score (nSPS) is 29.1. The van der Waals surface area contributed by atoms with Crippen LogP contribution >= 0.6 is 0 Å². The van der Waals surface area contributed by atoms with Gasteiger partial charge in [-0.1, -0.05) is 12.8 Å². The van der Waals surface area contributed by atoms with Crippen LogP contribution in [0, 0.1) is 0 Å². The van der Waals surface area contributed by atoms with Crippen molar-refractivity contribution in [2.75, 3.05) is 26.3 Å². The Kier molecular flexibility index (Phi) is 3.79. The SMILES string of the molecule is NCCN(C1CCCC1)C1CCOC1. The molecule has 14 heavy (non-hydrogen) atoms. The summed E-state index contributed by atoms with van der Waals surface area (Å²) in [5.41, 5.74) is 5.68. The van der Waals surface area contributed by atoms with E-state index in [1.165, 1.54) is 32.1 Å². The quantitative estimate of drug-likeness (QED) is 0.732. The molecule has 2 aliphatic rings. The van der Waals surface area contributed by atoms with Crippen molar-refractivity contribution < 1.29 is 4.74 Å². The number of ether oxygens (including phenoxy) is 1. The minimum atomic E-state index is 0.654. The van der Waals surface area contributed by atoms with Gasteiger partial charge in [0.2, 0.25) is 0 Å². The van der Waals surface area contributed by atoms with E-state index in [2.05, 4.69) is 4.90 Å². The Morgan fingerprint density at radius 1 is 1.14 bits per heavy atom. The van der Waals surface area contributed by atoms with Gasteiger partial charge in [-0.25, -0.2) is 0 Å². The molecule has 2 rings (SSSR count). The van der Waals surface area contributed by atoms with Crippen molar-refractivity contribution in [2.24, 2.45) is 5.73 Å². The van der Waals surface area contributed by atoms with Crippen LogP contribution in [0.1, 0.15) is 32.1 Å². The minimum absolute atomic E-state index is 0.654. The smallest absolute Gasteiger partial charge is 0.0622 e. The van der Waals surface area contributed by atoms with Crippen LogP contribution in [0.25, 0.3) is 0 Å². The molecule has 0 aromatic carbocycles. The lowest BCUT2D eigenvalue weighted by atomic mass is 10.1. The molecule has 1 saturated heterocycles. The summed E-state index contributed by atoms with van der Waals surface area (Å²) in [6, 6.07) is 1.45. The van der Waals surface area contributed by atoms with Crippen LogP contribution in [0.5, 0.6) is 0 Å². The van der Waals surface area contributed by atoms with E-state index in [0.29, 0.717) is 6.04 Å². The summed E-state index contributed by atoms with van der Waals surface area (Å²) in [5, 5.41) is 0. The summed E-state index contributed by atoms with van der Waals surface area (Å²) < 4.78 is 5.46. The van der Waals surface area contributed by atoms with Gasteiger partial charge in [-0.15, -0.1) is 0 Å². The van der Waals surface area contributed by atoms with Crippen molar-refractivity contribution in [3.8, 4) is 0 Å². The van der Waals surface area contributed by atoms with Crippen LogP contribution in [0.2, 0.25) is 0 Å². The van der Waals surface area contributed by atoms with Gasteiger partial charge in [0.1, 0.15) is 0 Å². The second-order valence-electron chi connectivity index (χ2n) is 4.48. The molecule has 0 aromatic heterocycles. The number of hydrogen-bond donors (Lipinski definition) is 1. The third-order valence-electron chi connectivity index (χ3n) is 3.56. The van der Waals surface area contributed by atoms with Gasteiger partial charge < -0.3 is 10.5 Å². The van der Waals surface area contributed by atoms with E-state index < -0.39 is 0 Å². The Morgan fingerprint density at radius 2 is 1.93 bits per heavy atom. The third-order valence-corrected chi connectivity index (χ3v) is 3.56. The van der Waals surface area contributed by atoms with Gasteiger partial charge in [-0.05, 0) is 19.3 Å². The van der Waals surface area contributed by atoms with Gasteiger partial charge in [0.15, 0.2) is 0 Å². The summed E-state index contributed by atoms with van der Waals surface area (Å²) in [7, 11) is 0. The average Bonchev–Trinajstić information content (AvgIpc) is 2.87. The molecule has 1 unspecified atom stereocenters. The Morgan fingerprint density at radius 3 is 2.50 bits per heavy atom. The Balaban J connectivity index is 1.91. The van der Waals surface area contributed by atoms with E-state index >= 15 is 0 Å². The third kappa shape index (κ3) is 2.27. The lowest BCUT2D eigenvalue weighted by molar-refractivity contribution is 0.112. The standard InChI is InChI=1S/C11H22N2O/c12-6-7-13(10-3-1-2-4-10)11-5-8-14-9-11/h10-11H,1-9,12H2. The number of nitrogens with two attached hydrogens (primary N) is 1. The lowest BCUT2D eigenvalue weighted by Gasteiger charge is -2.33. The molecule has 1 heterocycles. The minimum Gasteiger partial charge on any atom is -0.380 e. The molecule has 2 fully saturated rings. The maximum atomic E-state index is 5.68. The molecule has 0 spiro atoms. The van der Waals surface area contributed by atoms with Crippen molar-refractivity contribution in [3.05, 3.63) is 0 Å². The van der Waals surface area contributed by atoms with Crippen molar-refractivity contribution in [1.29, 1.82) is 0 Å². The van der Waals surface area contributed by atoms with Gasteiger partial charge in [0.25, 0.3) is 0 Å². The molecule has 3 heteroatoms. The van der Waals surface area contributed by atoms with Crippen LogP contribution in [0.4, 0.5) is 0 Å². The van der Waals surface area contributed by atoms with Crippen molar-refractivity contribution in [3.63, 3.8) is 0 Å². The number of nitrogens with zero attached hydrogens (tertiary/aromatic N) is 1. The highest BCUT2D eigenvalue weighted by atomic mass is 16.5. The zero-order valence-electron chi connectivity index (χ0n) is 8.95. The highest BCUT2D eigenvalue weighted by Gasteiger charge is 2.30. The molecule has 2 N–H and O–H groups in total. The van der Waals surface area contributed by atoms with Crippen molar-refractivity contribution in [1.82, 2.24) is 4.90 Å². The predicted octanol–water partition coefficient (Wildman–Crippen LogP) is 0.979. The molecule has 0 amide bonds. The van der Waals surface area contributed by atoms with Crippen LogP contribution in [0.3, 0.4) is 0 Å². The fourth-order valence-electron chi connectivity index (χ4n) is 2.83. The van der Waals surface area contributed by atoms with Gasteiger partial charge in [-0.3, -0.25) is 4.90 Å². The first-order chi connectivity index (χ1) is 6.92. The molecule has 1 atom stereocenters. The Bertz CT molecular complexity index is 147. The first kappa shape index (κ1) is 10.4. The highest BCUT2D eigenvalue weighted by Crippen LogP contribution is 2.27. The van der Waals surface area contributed by atoms with Gasteiger partial charge in [0, 0.05) is 31.8 Å². The van der Waals surface area contributed by atoms with Gasteiger partial charge in [0.05, 0.1) is 6.61 Å². The topological polar surface area (TPSA) is 38.5 Å². The Labute approximate surface area is 86.6 Å². The molecule has 3 nitrogen and oxygen atoms in total. The molecular weight excluding hydrogens is 176 g/mol. The molecule has 1 aliphatic heterocycles. The average molecular weight is 198 g/mol. The van der Waals surface area contributed by atoms with E-state index in [-0.39, 0.29) is 0 Å². The highest BCUT2D eigenvalue weighted by molar-refractivity contribution is 4.84. The van der Waals surface area contributed by atoms with Crippen LogP contribution in [-0.2, 0) is 4.74 Å². The maximum Gasteiger partial charge on any atom is 0.0622 e. The van der Waals surface area contributed by atoms with Crippen LogP contribution in [0.15, 0.2) is 0 Å². The van der Waals surface area contributed by atoms with E-state index in [0.717, 1.165) is 32.3 Å². The number of rotatable bonds is 4. The molecule has 0 radical (unpaired) electrons. The lowest BCUT2D eigenvalue weighted by Crippen LogP contribution is -2.45. The van der Waals surface area contributed by atoms with Crippen LogP contribution < -0.4 is 5.73 Å². The van der Waals surface area contributed by atoms with E-state index in [1.54, 1.807) is 0 Å². The number of hydrogen-bond acceptors (Lipinski definition) is 3. The van der Waals surface area contributed by atoms with Crippen LogP contribution in [-0.4, -0.2) is 43.3 Å². The summed E-state index contributed by atoms with van der Waals surface area (Å²) in [6.07, 6.45) is 6.75. The Hall–Kier alpha value is -0.120. The maximum absolute atomic E-state index is 5.68. The van der Waals surface area contributed by atoms with Gasteiger partial charge in [-0.2, -0.15) is 0 Å². The molecular formula is C11H22N2O. The second-order valence-corrected chi connectivity index (χ2v) is 4.48. The summed E-state index contributed by atoms with van der Waals surface area (Å²) in [5.74, 6) is 0. The van der Waals surface area contributed by atoms with E-state index in [4.69, 9.17) is 10.5 Å². The van der Waals surface area contributed by atoms with Crippen molar-refractivity contribution in [2.45, 2.75) is 44.2 Å². The molecule has 0 bridgehead atoms.